The summed E-state index contributed by atoms with van der Waals surface area (Å²) in [6, 6.07) is 8.37. The van der Waals surface area contributed by atoms with Crippen LogP contribution in [-0.4, -0.2) is 63.7 Å². The maximum absolute atomic E-state index is 14.4. The van der Waals surface area contributed by atoms with Crippen molar-refractivity contribution in [2.45, 2.75) is 51.4 Å². The number of aliphatic hydroxyl groups is 1. The quantitative estimate of drug-likeness (QED) is 0.376. The zero-order chi connectivity index (χ0) is 28.4. The number of rotatable bonds is 8. The number of halogens is 2. The second-order valence-corrected chi connectivity index (χ2v) is 10.6. The molecule has 0 aliphatic carbocycles. The summed E-state index contributed by atoms with van der Waals surface area (Å²) < 4.78 is 19.8. The molecular weight excluding hydrogens is 537 g/mol. The molecule has 0 bridgehead atoms. The Hall–Kier alpha value is -3.60. The van der Waals surface area contributed by atoms with Crippen LogP contribution in [0.15, 0.2) is 42.6 Å². The fraction of sp³-hybridized carbons (Fsp3) is 0.379. The number of benzene rings is 2. The molecule has 2 amide bonds. The predicted octanol–water partition coefficient (Wildman–Crippen LogP) is 4.03. The second kappa shape index (κ2) is 11.9. The molecule has 3 heterocycles. The van der Waals surface area contributed by atoms with Gasteiger partial charge in [0.15, 0.2) is 0 Å². The molecule has 1 saturated heterocycles. The van der Waals surface area contributed by atoms with Crippen molar-refractivity contribution in [3.63, 3.8) is 0 Å². The molecule has 9 nitrogen and oxygen atoms in total. The van der Waals surface area contributed by atoms with Crippen LogP contribution in [0.25, 0.3) is 11.3 Å². The number of fused-ring (bicyclic) bond motifs is 1. The lowest BCUT2D eigenvalue weighted by Gasteiger charge is -2.27. The number of aliphatic hydroxyl groups excluding tert-OH is 1. The van der Waals surface area contributed by atoms with Crippen molar-refractivity contribution in [2.75, 3.05) is 25.1 Å². The van der Waals surface area contributed by atoms with Crippen LogP contribution in [0.4, 0.5) is 10.3 Å². The SMILES string of the molecule is Cc1ccc(F)c([C@@H](C)NC(=O)[C@@H](CO)N2Cc3ccc(-c4nc(NC5CCOCC5)ncc4Cl)cc3C2=O)c1. The fourth-order valence-electron chi connectivity index (χ4n) is 5.09. The Kier molecular flexibility index (Phi) is 8.30. The number of carbonyl (C=O) groups excluding carboxylic acids is 2. The first-order valence-corrected chi connectivity index (χ1v) is 13.6. The molecule has 1 fully saturated rings. The summed E-state index contributed by atoms with van der Waals surface area (Å²) in [5.74, 6) is -0.965. The van der Waals surface area contributed by atoms with E-state index in [4.69, 9.17) is 16.3 Å². The topological polar surface area (TPSA) is 117 Å². The average molecular weight is 568 g/mol. The highest BCUT2D eigenvalue weighted by molar-refractivity contribution is 6.33. The summed E-state index contributed by atoms with van der Waals surface area (Å²) in [4.78, 5) is 36.8. The number of amides is 2. The Bertz CT molecular complexity index is 1430. The van der Waals surface area contributed by atoms with E-state index in [1.54, 1.807) is 31.2 Å². The van der Waals surface area contributed by atoms with Gasteiger partial charge in [0.2, 0.25) is 11.9 Å². The lowest BCUT2D eigenvalue weighted by molar-refractivity contribution is -0.127. The number of carbonyl (C=O) groups is 2. The van der Waals surface area contributed by atoms with E-state index in [1.807, 2.05) is 13.0 Å². The number of hydrogen-bond acceptors (Lipinski definition) is 7. The van der Waals surface area contributed by atoms with E-state index < -0.39 is 36.3 Å². The summed E-state index contributed by atoms with van der Waals surface area (Å²) in [6.07, 6.45) is 3.23. The Morgan fingerprint density at radius 1 is 1.25 bits per heavy atom. The van der Waals surface area contributed by atoms with E-state index in [0.29, 0.717) is 52.1 Å². The molecule has 1 aromatic heterocycles. The lowest BCUT2D eigenvalue weighted by atomic mass is 10.0. The molecule has 210 valence electrons. The van der Waals surface area contributed by atoms with Crippen molar-refractivity contribution < 1.29 is 23.8 Å². The van der Waals surface area contributed by atoms with E-state index in [1.165, 1.54) is 17.2 Å². The van der Waals surface area contributed by atoms with Crippen molar-refractivity contribution in [3.8, 4) is 11.3 Å². The van der Waals surface area contributed by atoms with Gasteiger partial charge in [-0.1, -0.05) is 41.4 Å². The summed E-state index contributed by atoms with van der Waals surface area (Å²) in [5, 5.41) is 16.5. The third kappa shape index (κ3) is 5.79. The third-order valence-corrected chi connectivity index (χ3v) is 7.62. The molecule has 2 aromatic carbocycles. The Labute approximate surface area is 236 Å². The van der Waals surface area contributed by atoms with Gasteiger partial charge in [0.1, 0.15) is 11.9 Å². The van der Waals surface area contributed by atoms with E-state index >= 15 is 0 Å². The van der Waals surface area contributed by atoms with Crippen LogP contribution < -0.4 is 10.6 Å². The van der Waals surface area contributed by atoms with Crippen LogP contribution in [0.3, 0.4) is 0 Å². The predicted molar refractivity (Wildman–Crippen MR) is 148 cm³/mol. The van der Waals surface area contributed by atoms with Crippen LogP contribution in [0.2, 0.25) is 5.02 Å². The maximum Gasteiger partial charge on any atom is 0.255 e. The van der Waals surface area contributed by atoms with Crippen molar-refractivity contribution in [1.29, 1.82) is 0 Å². The minimum absolute atomic E-state index is 0.147. The third-order valence-electron chi connectivity index (χ3n) is 7.34. The van der Waals surface area contributed by atoms with Crippen molar-refractivity contribution >= 4 is 29.4 Å². The molecule has 2 atom stereocenters. The van der Waals surface area contributed by atoms with Gasteiger partial charge in [-0.15, -0.1) is 0 Å². The maximum atomic E-state index is 14.4. The number of aromatic nitrogens is 2. The van der Waals surface area contributed by atoms with Gasteiger partial charge < -0.3 is 25.4 Å². The Morgan fingerprint density at radius 3 is 2.77 bits per heavy atom. The van der Waals surface area contributed by atoms with Gasteiger partial charge in [-0.05, 0) is 44.4 Å². The normalized spacial score (nSPS) is 16.9. The molecular formula is C29H31ClFN5O4. The van der Waals surface area contributed by atoms with Crippen LogP contribution in [0, 0.1) is 12.7 Å². The molecule has 3 N–H and O–H groups in total. The van der Waals surface area contributed by atoms with Crippen LogP contribution in [0.5, 0.6) is 0 Å². The van der Waals surface area contributed by atoms with Gasteiger partial charge >= 0.3 is 0 Å². The number of hydrogen-bond donors (Lipinski definition) is 3. The van der Waals surface area contributed by atoms with Crippen molar-refractivity contribution in [3.05, 3.63) is 75.7 Å². The molecule has 0 saturated carbocycles. The number of nitrogens with zero attached hydrogens (tertiary/aromatic N) is 3. The number of nitrogens with one attached hydrogen (secondary N) is 2. The average Bonchev–Trinajstić information content (AvgIpc) is 3.27. The van der Waals surface area contributed by atoms with Gasteiger partial charge in [0.05, 0.1) is 29.6 Å². The second-order valence-electron chi connectivity index (χ2n) is 10.2. The molecule has 2 aliphatic heterocycles. The summed E-state index contributed by atoms with van der Waals surface area (Å²) in [7, 11) is 0. The lowest BCUT2D eigenvalue weighted by Crippen LogP contribution is -2.49. The first-order valence-electron chi connectivity index (χ1n) is 13.2. The highest BCUT2D eigenvalue weighted by atomic mass is 35.5. The highest BCUT2D eigenvalue weighted by Crippen LogP contribution is 2.32. The van der Waals surface area contributed by atoms with Gasteiger partial charge in [-0.2, -0.15) is 0 Å². The van der Waals surface area contributed by atoms with E-state index in [2.05, 4.69) is 20.6 Å². The zero-order valence-corrected chi connectivity index (χ0v) is 23.0. The van der Waals surface area contributed by atoms with Gasteiger partial charge in [-0.25, -0.2) is 14.4 Å². The van der Waals surface area contributed by atoms with Gasteiger partial charge in [-0.3, -0.25) is 9.59 Å². The summed E-state index contributed by atoms with van der Waals surface area (Å²) >= 11 is 6.44. The minimum Gasteiger partial charge on any atom is -0.394 e. The number of anilines is 1. The molecule has 0 spiro atoms. The highest BCUT2D eigenvalue weighted by Gasteiger charge is 2.37. The summed E-state index contributed by atoms with van der Waals surface area (Å²) in [6.45, 7) is 4.41. The molecule has 2 aliphatic rings. The first kappa shape index (κ1) is 27.9. The van der Waals surface area contributed by atoms with Crippen LogP contribution >= 0.6 is 11.6 Å². The molecule has 40 heavy (non-hydrogen) atoms. The Morgan fingerprint density at radius 2 is 2.02 bits per heavy atom. The molecule has 0 unspecified atom stereocenters. The van der Waals surface area contributed by atoms with Gasteiger partial charge in [0, 0.05) is 42.5 Å². The molecule has 3 aromatic rings. The van der Waals surface area contributed by atoms with Crippen molar-refractivity contribution in [2.24, 2.45) is 0 Å². The van der Waals surface area contributed by atoms with Crippen LogP contribution in [0.1, 0.15) is 52.9 Å². The van der Waals surface area contributed by atoms with Crippen molar-refractivity contribution in [1.82, 2.24) is 20.2 Å². The Balaban J connectivity index is 1.33. The molecule has 5 rings (SSSR count). The van der Waals surface area contributed by atoms with E-state index in [9.17, 15) is 19.1 Å². The van der Waals surface area contributed by atoms with E-state index in [0.717, 1.165) is 18.4 Å². The largest absolute Gasteiger partial charge is 0.394 e. The minimum atomic E-state index is -1.14. The first-order chi connectivity index (χ1) is 19.2. The standard InChI is InChI=1S/C29H31ClFN5O4/c1-16-3-6-24(31)21(11-16)17(2)33-27(38)25(15-37)36-14-19-5-4-18(12-22(19)28(36)39)26-23(30)13-32-29(35-26)34-20-7-9-40-10-8-20/h3-6,11-13,17,20,25,37H,7-10,14-15H2,1-2H3,(H,33,38)(H,32,34,35)/t17-,25-/m1/s1. The smallest absolute Gasteiger partial charge is 0.255 e. The van der Waals surface area contributed by atoms with E-state index in [-0.39, 0.29) is 12.6 Å². The molecule has 11 heteroatoms. The van der Waals surface area contributed by atoms with Crippen LogP contribution in [-0.2, 0) is 16.1 Å². The number of ether oxygens (including phenoxy) is 1. The monoisotopic (exact) mass is 567 g/mol. The van der Waals surface area contributed by atoms with Gasteiger partial charge in [0.25, 0.3) is 5.91 Å². The molecule has 0 radical (unpaired) electrons. The number of aryl methyl sites for hydroxylation is 1. The summed E-state index contributed by atoms with van der Waals surface area (Å²) in [5.41, 5.74) is 3.40. The fourth-order valence-corrected chi connectivity index (χ4v) is 5.29. The zero-order valence-electron chi connectivity index (χ0n) is 22.3.